The monoisotopic (exact) mass is 347 g/mol. The molecule has 0 unspecified atom stereocenters. The van der Waals surface area contributed by atoms with Crippen LogP contribution >= 0.6 is 12.2 Å². The lowest BCUT2D eigenvalue weighted by molar-refractivity contribution is -0.156. The molecule has 2 saturated heterocycles. The number of hydrogen-bond acceptors (Lipinski definition) is 4. The summed E-state index contributed by atoms with van der Waals surface area (Å²) in [6, 6.07) is 4.55. The summed E-state index contributed by atoms with van der Waals surface area (Å²) in [5.74, 6) is -0.841. The molecule has 3 aliphatic rings. The number of hydrogen-bond donors (Lipinski definition) is 0. The summed E-state index contributed by atoms with van der Waals surface area (Å²) in [6.07, 6.45) is 1.74. The second kappa shape index (κ2) is 4.99. The molecule has 24 heavy (non-hydrogen) atoms. The van der Waals surface area contributed by atoms with E-state index in [-0.39, 0.29) is 35.2 Å². The second-order valence-electron chi connectivity index (χ2n) is 6.76. The summed E-state index contributed by atoms with van der Waals surface area (Å²) in [5.41, 5.74) is 0.0393. The number of halogens is 1. The third-order valence-corrected chi connectivity index (χ3v) is 6.14. The van der Waals surface area contributed by atoms with Gasteiger partial charge in [0.05, 0.1) is 11.7 Å². The largest absolute Gasteiger partial charge is 0.364 e. The summed E-state index contributed by atoms with van der Waals surface area (Å²) in [5, 5.41) is 0.213. The Morgan fingerprint density at radius 3 is 2.54 bits per heavy atom. The first-order chi connectivity index (χ1) is 11.4. The maximum Gasteiger partial charge on any atom is 0.246 e. The molecular formula is C17H18FN3O2S. The summed E-state index contributed by atoms with van der Waals surface area (Å²) in [6.45, 7) is 0.652. The fraction of sp³-hybridized carbons (Fsp3) is 0.471. The van der Waals surface area contributed by atoms with E-state index >= 15 is 0 Å². The van der Waals surface area contributed by atoms with Gasteiger partial charge in [0.2, 0.25) is 11.8 Å². The molecule has 1 aromatic rings. The van der Waals surface area contributed by atoms with Crippen molar-refractivity contribution in [2.75, 3.05) is 25.5 Å². The van der Waals surface area contributed by atoms with E-state index in [1.807, 2.05) is 11.0 Å². The van der Waals surface area contributed by atoms with E-state index in [0.29, 0.717) is 24.2 Å². The third-order valence-electron chi connectivity index (χ3n) is 5.59. The predicted octanol–water partition coefficient (Wildman–Crippen LogP) is 1.55. The van der Waals surface area contributed by atoms with Crippen LogP contribution in [0.25, 0.3) is 0 Å². The smallest absolute Gasteiger partial charge is 0.246 e. The predicted molar refractivity (Wildman–Crippen MR) is 91.0 cm³/mol. The van der Waals surface area contributed by atoms with Crippen LogP contribution in [-0.4, -0.2) is 53.4 Å². The first kappa shape index (κ1) is 15.5. The molecule has 0 aliphatic carbocycles. The molecule has 1 atom stereocenters. The average Bonchev–Trinajstić information content (AvgIpc) is 3.06. The number of amides is 2. The molecule has 5 nitrogen and oxygen atoms in total. The lowest BCUT2D eigenvalue weighted by Crippen LogP contribution is -2.70. The molecule has 3 aliphatic heterocycles. The van der Waals surface area contributed by atoms with E-state index in [1.165, 1.54) is 15.9 Å². The number of thiocarbonyl (C=S) groups is 1. The standard InChI is InChI=1S/C17H18FN3O2S/c1-19-14(22)17(15(23)20(2)16(19)24)9-10-5-3-6-11(18)13(10)21-8-4-7-12(17)21/h3,5-6,12H,4,7-9H2,1-2H3/t12-/m1/s1. The highest BCUT2D eigenvalue weighted by Gasteiger charge is 2.63. The molecule has 0 radical (unpaired) electrons. The van der Waals surface area contributed by atoms with E-state index in [0.717, 1.165) is 6.42 Å². The zero-order chi connectivity index (χ0) is 17.2. The van der Waals surface area contributed by atoms with Crippen LogP contribution in [0, 0.1) is 11.2 Å². The van der Waals surface area contributed by atoms with Crippen LogP contribution in [0.15, 0.2) is 18.2 Å². The Hall–Kier alpha value is -2.02. The Kier molecular flexibility index (Phi) is 3.22. The topological polar surface area (TPSA) is 43.9 Å². The van der Waals surface area contributed by atoms with Gasteiger partial charge in [0.1, 0.15) is 5.82 Å². The zero-order valence-corrected chi connectivity index (χ0v) is 14.4. The minimum absolute atomic E-state index is 0.213. The molecule has 4 rings (SSSR count). The number of rotatable bonds is 0. The van der Waals surface area contributed by atoms with Gasteiger partial charge in [-0.15, -0.1) is 0 Å². The average molecular weight is 347 g/mol. The zero-order valence-electron chi connectivity index (χ0n) is 13.6. The Balaban J connectivity index is 1.93. The quantitative estimate of drug-likeness (QED) is 0.528. The van der Waals surface area contributed by atoms with Crippen molar-refractivity contribution < 1.29 is 14.0 Å². The van der Waals surface area contributed by atoms with E-state index < -0.39 is 5.41 Å². The van der Waals surface area contributed by atoms with Gasteiger partial charge in [0.25, 0.3) is 0 Å². The molecule has 126 valence electrons. The minimum Gasteiger partial charge on any atom is -0.364 e. The van der Waals surface area contributed by atoms with Crippen molar-refractivity contribution >= 4 is 34.8 Å². The van der Waals surface area contributed by atoms with E-state index in [4.69, 9.17) is 12.2 Å². The number of para-hydroxylation sites is 1. The lowest BCUT2D eigenvalue weighted by atomic mass is 9.68. The van der Waals surface area contributed by atoms with Crippen molar-refractivity contribution in [1.29, 1.82) is 0 Å². The minimum atomic E-state index is -1.22. The summed E-state index contributed by atoms with van der Waals surface area (Å²) < 4.78 is 14.4. The van der Waals surface area contributed by atoms with E-state index in [1.54, 1.807) is 20.2 Å². The first-order valence-corrected chi connectivity index (χ1v) is 8.44. The second-order valence-corrected chi connectivity index (χ2v) is 7.12. The molecule has 1 aromatic carbocycles. The first-order valence-electron chi connectivity index (χ1n) is 8.04. The van der Waals surface area contributed by atoms with Crippen LogP contribution in [0.4, 0.5) is 10.1 Å². The van der Waals surface area contributed by atoms with Crippen LogP contribution in [0.1, 0.15) is 18.4 Å². The van der Waals surface area contributed by atoms with Crippen molar-refractivity contribution in [3.63, 3.8) is 0 Å². The number of nitrogens with zero attached hydrogens (tertiary/aromatic N) is 3. The van der Waals surface area contributed by atoms with Crippen molar-refractivity contribution in [1.82, 2.24) is 9.80 Å². The number of carbonyl (C=O) groups excluding carboxylic acids is 2. The maximum atomic E-state index is 14.4. The molecule has 0 bridgehead atoms. The van der Waals surface area contributed by atoms with Gasteiger partial charge in [0.15, 0.2) is 10.5 Å². The van der Waals surface area contributed by atoms with Crippen LogP contribution in [0.2, 0.25) is 0 Å². The summed E-state index contributed by atoms with van der Waals surface area (Å²) in [7, 11) is 3.21. The van der Waals surface area contributed by atoms with E-state index in [2.05, 4.69) is 0 Å². The van der Waals surface area contributed by atoms with Crippen molar-refractivity contribution in [3.8, 4) is 0 Å². The molecule has 7 heteroatoms. The molecule has 3 heterocycles. The van der Waals surface area contributed by atoms with Crippen molar-refractivity contribution in [2.45, 2.75) is 25.3 Å². The Morgan fingerprint density at radius 1 is 1.21 bits per heavy atom. The molecule has 2 amide bonds. The van der Waals surface area contributed by atoms with Gasteiger partial charge in [-0.05, 0) is 43.1 Å². The number of benzene rings is 1. The van der Waals surface area contributed by atoms with Crippen molar-refractivity contribution in [3.05, 3.63) is 29.6 Å². The third kappa shape index (κ3) is 1.70. The molecule has 0 saturated carbocycles. The van der Waals surface area contributed by atoms with Crippen LogP contribution < -0.4 is 4.90 Å². The highest BCUT2D eigenvalue weighted by molar-refractivity contribution is 7.80. The molecular weight excluding hydrogens is 329 g/mol. The number of anilines is 1. The van der Waals surface area contributed by atoms with Crippen LogP contribution in [0.3, 0.4) is 0 Å². The SMILES string of the molecule is CN1C(=O)C2(Cc3cccc(F)c3N3CCC[C@@H]32)C(=O)N(C)C1=S. The maximum absolute atomic E-state index is 14.4. The van der Waals surface area contributed by atoms with Gasteiger partial charge >= 0.3 is 0 Å². The van der Waals surface area contributed by atoms with Gasteiger partial charge in [-0.25, -0.2) is 4.39 Å². The molecule has 2 fully saturated rings. The highest BCUT2D eigenvalue weighted by Crippen LogP contribution is 2.49. The Labute approximate surface area is 145 Å². The van der Waals surface area contributed by atoms with Gasteiger partial charge in [0, 0.05) is 20.6 Å². The Morgan fingerprint density at radius 2 is 1.88 bits per heavy atom. The molecule has 0 N–H and O–H groups in total. The summed E-state index contributed by atoms with van der Waals surface area (Å²) >= 11 is 5.21. The highest BCUT2D eigenvalue weighted by atomic mass is 32.1. The van der Waals surface area contributed by atoms with E-state index in [9.17, 15) is 14.0 Å². The van der Waals surface area contributed by atoms with Crippen molar-refractivity contribution in [2.24, 2.45) is 5.41 Å². The lowest BCUT2D eigenvalue weighted by Gasteiger charge is -2.51. The van der Waals surface area contributed by atoms with Crippen LogP contribution in [-0.2, 0) is 16.0 Å². The summed E-state index contributed by atoms with van der Waals surface area (Å²) in [4.78, 5) is 31.0. The fourth-order valence-electron chi connectivity index (χ4n) is 4.51. The fourth-order valence-corrected chi connectivity index (χ4v) is 4.68. The number of fused-ring (bicyclic) bond motifs is 4. The normalized spacial score (nSPS) is 25.4. The van der Waals surface area contributed by atoms with Crippen LogP contribution in [0.5, 0.6) is 0 Å². The van der Waals surface area contributed by atoms with Gasteiger partial charge < -0.3 is 4.90 Å². The molecule has 0 aromatic heterocycles. The van der Waals surface area contributed by atoms with Gasteiger partial charge in [-0.3, -0.25) is 19.4 Å². The Bertz CT molecular complexity index is 757. The van der Waals surface area contributed by atoms with Gasteiger partial charge in [-0.2, -0.15) is 0 Å². The molecule has 1 spiro atoms. The number of carbonyl (C=O) groups is 2. The van der Waals surface area contributed by atoms with Gasteiger partial charge in [-0.1, -0.05) is 12.1 Å².